The molecule has 0 bridgehead atoms. The minimum Gasteiger partial charge on any atom is -0.467 e. The van der Waals surface area contributed by atoms with Crippen LogP contribution in [0.3, 0.4) is 0 Å². The van der Waals surface area contributed by atoms with Crippen LogP contribution >= 0.6 is 15.9 Å². The molecule has 1 unspecified atom stereocenters. The molecule has 0 fully saturated rings. The van der Waals surface area contributed by atoms with Gasteiger partial charge in [-0.2, -0.15) is 0 Å². The summed E-state index contributed by atoms with van der Waals surface area (Å²) in [5.74, 6) is 1.25. The van der Waals surface area contributed by atoms with E-state index in [0.29, 0.717) is 4.47 Å². The first kappa shape index (κ1) is 13.9. The van der Waals surface area contributed by atoms with E-state index in [1.807, 2.05) is 29.9 Å². The van der Waals surface area contributed by atoms with Crippen LogP contribution in [-0.2, 0) is 7.05 Å². The lowest BCUT2D eigenvalue weighted by atomic mass is 10.2. The summed E-state index contributed by atoms with van der Waals surface area (Å²) in [6, 6.07) is 7.95. The SMILES string of the molecule is Cn1ccnc1C(Nc1ccc(F)cc1Br)c1ccco1. The molecule has 0 aliphatic rings. The van der Waals surface area contributed by atoms with Crippen molar-refractivity contribution in [1.29, 1.82) is 0 Å². The van der Waals surface area contributed by atoms with Gasteiger partial charge in [-0.1, -0.05) is 0 Å². The first-order chi connectivity index (χ1) is 10.1. The van der Waals surface area contributed by atoms with Gasteiger partial charge in [0, 0.05) is 29.6 Å². The third kappa shape index (κ3) is 2.85. The van der Waals surface area contributed by atoms with Crippen molar-refractivity contribution in [2.75, 3.05) is 5.32 Å². The Morgan fingerprint density at radius 3 is 2.86 bits per heavy atom. The average Bonchev–Trinajstić information content (AvgIpc) is 3.10. The first-order valence-electron chi connectivity index (χ1n) is 6.37. The van der Waals surface area contributed by atoms with Crippen molar-refractivity contribution in [3.8, 4) is 0 Å². The van der Waals surface area contributed by atoms with Gasteiger partial charge in [-0.3, -0.25) is 0 Å². The number of nitrogens with zero attached hydrogens (tertiary/aromatic N) is 2. The lowest BCUT2D eigenvalue weighted by Gasteiger charge is -2.18. The first-order valence-corrected chi connectivity index (χ1v) is 7.16. The van der Waals surface area contributed by atoms with E-state index in [1.54, 1.807) is 18.5 Å². The fraction of sp³-hybridized carbons (Fsp3) is 0.133. The van der Waals surface area contributed by atoms with Gasteiger partial charge < -0.3 is 14.3 Å². The Labute approximate surface area is 129 Å². The Hall–Kier alpha value is -2.08. The zero-order chi connectivity index (χ0) is 14.8. The second-order valence-corrected chi connectivity index (χ2v) is 5.47. The topological polar surface area (TPSA) is 43.0 Å². The van der Waals surface area contributed by atoms with Gasteiger partial charge in [0.2, 0.25) is 0 Å². The number of hydrogen-bond acceptors (Lipinski definition) is 3. The number of hydrogen-bond donors (Lipinski definition) is 1. The summed E-state index contributed by atoms with van der Waals surface area (Å²) in [6.07, 6.45) is 5.21. The maximum Gasteiger partial charge on any atom is 0.143 e. The second kappa shape index (κ2) is 5.73. The number of imidazole rings is 1. The monoisotopic (exact) mass is 349 g/mol. The number of rotatable bonds is 4. The highest BCUT2D eigenvalue weighted by atomic mass is 79.9. The standard InChI is InChI=1S/C15H13BrFN3O/c1-20-7-6-18-15(20)14(13-3-2-8-21-13)19-12-5-4-10(17)9-11(12)16/h2-9,14,19H,1H3. The number of benzene rings is 1. The van der Waals surface area contributed by atoms with Crippen LogP contribution in [0.1, 0.15) is 17.6 Å². The van der Waals surface area contributed by atoms with E-state index in [2.05, 4.69) is 26.2 Å². The van der Waals surface area contributed by atoms with Crippen molar-refractivity contribution in [3.63, 3.8) is 0 Å². The van der Waals surface area contributed by atoms with Crippen LogP contribution in [-0.4, -0.2) is 9.55 Å². The molecule has 1 atom stereocenters. The van der Waals surface area contributed by atoms with Crippen LogP contribution < -0.4 is 5.32 Å². The smallest absolute Gasteiger partial charge is 0.143 e. The summed E-state index contributed by atoms with van der Waals surface area (Å²) in [7, 11) is 1.92. The summed E-state index contributed by atoms with van der Waals surface area (Å²) in [4.78, 5) is 4.37. The molecule has 3 rings (SSSR count). The van der Waals surface area contributed by atoms with Crippen molar-refractivity contribution in [3.05, 3.63) is 70.9 Å². The van der Waals surface area contributed by atoms with Gasteiger partial charge in [-0.05, 0) is 46.3 Å². The molecular formula is C15H13BrFN3O. The molecular weight excluding hydrogens is 337 g/mol. The fourth-order valence-electron chi connectivity index (χ4n) is 2.14. The molecule has 2 aromatic heterocycles. The van der Waals surface area contributed by atoms with E-state index in [-0.39, 0.29) is 11.9 Å². The average molecular weight is 350 g/mol. The van der Waals surface area contributed by atoms with Gasteiger partial charge in [0.05, 0.1) is 6.26 Å². The summed E-state index contributed by atoms with van der Waals surface area (Å²) in [6.45, 7) is 0. The summed E-state index contributed by atoms with van der Waals surface area (Å²) in [5, 5.41) is 3.33. The highest BCUT2D eigenvalue weighted by Gasteiger charge is 2.21. The molecule has 21 heavy (non-hydrogen) atoms. The highest BCUT2D eigenvalue weighted by Crippen LogP contribution is 2.30. The molecule has 6 heteroatoms. The van der Waals surface area contributed by atoms with E-state index in [9.17, 15) is 4.39 Å². The maximum absolute atomic E-state index is 13.2. The van der Waals surface area contributed by atoms with Gasteiger partial charge in [0.25, 0.3) is 0 Å². The zero-order valence-corrected chi connectivity index (χ0v) is 12.8. The molecule has 2 heterocycles. The van der Waals surface area contributed by atoms with Crippen molar-refractivity contribution in [2.45, 2.75) is 6.04 Å². The molecule has 4 nitrogen and oxygen atoms in total. The van der Waals surface area contributed by atoms with Gasteiger partial charge in [0.1, 0.15) is 23.4 Å². The Kier molecular flexibility index (Phi) is 3.79. The number of furan rings is 1. The third-order valence-corrected chi connectivity index (χ3v) is 3.83. The van der Waals surface area contributed by atoms with E-state index in [0.717, 1.165) is 17.3 Å². The van der Waals surface area contributed by atoms with Crippen molar-refractivity contribution >= 4 is 21.6 Å². The van der Waals surface area contributed by atoms with Crippen molar-refractivity contribution < 1.29 is 8.81 Å². The van der Waals surface area contributed by atoms with Gasteiger partial charge >= 0.3 is 0 Å². The van der Waals surface area contributed by atoms with Crippen LogP contribution in [0.25, 0.3) is 0 Å². The minimum atomic E-state index is -0.293. The van der Waals surface area contributed by atoms with E-state index < -0.39 is 0 Å². The van der Waals surface area contributed by atoms with Crippen LogP contribution in [0, 0.1) is 5.82 Å². The predicted molar refractivity (Wildman–Crippen MR) is 81.5 cm³/mol. The van der Waals surface area contributed by atoms with E-state index >= 15 is 0 Å². The molecule has 0 saturated heterocycles. The predicted octanol–water partition coefficient (Wildman–Crippen LogP) is 4.12. The summed E-state index contributed by atoms with van der Waals surface area (Å²) >= 11 is 3.36. The number of aromatic nitrogens is 2. The Morgan fingerprint density at radius 2 is 2.24 bits per heavy atom. The molecule has 1 aromatic carbocycles. The third-order valence-electron chi connectivity index (χ3n) is 3.18. The Balaban J connectivity index is 1.99. The quantitative estimate of drug-likeness (QED) is 0.770. The fourth-order valence-corrected chi connectivity index (χ4v) is 2.60. The van der Waals surface area contributed by atoms with Crippen LogP contribution in [0.5, 0.6) is 0 Å². The molecule has 3 aromatic rings. The van der Waals surface area contributed by atoms with Gasteiger partial charge in [-0.15, -0.1) is 0 Å². The van der Waals surface area contributed by atoms with Crippen LogP contribution in [0.15, 0.2) is 57.9 Å². The Morgan fingerprint density at radius 1 is 1.38 bits per heavy atom. The van der Waals surface area contributed by atoms with Crippen molar-refractivity contribution in [1.82, 2.24) is 9.55 Å². The van der Waals surface area contributed by atoms with Crippen LogP contribution in [0.2, 0.25) is 0 Å². The van der Waals surface area contributed by atoms with E-state index in [1.165, 1.54) is 12.1 Å². The lowest BCUT2D eigenvalue weighted by molar-refractivity contribution is 0.488. The number of aryl methyl sites for hydroxylation is 1. The minimum absolute atomic E-state index is 0.262. The largest absolute Gasteiger partial charge is 0.467 e. The Bertz CT molecular complexity index is 739. The molecule has 0 spiro atoms. The molecule has 0 aliphatic heterocycles. The number of halogens is 2. The summed E-state index contributed by atoms with van der Waals surface area (Å²) < 4.78 is 21.3. The van der Waals surface area contributed by atoms with Crippen LogP contribution in [0.4, 0.5) is 10.1 Å². The molecule has 0 aliphatic carbocycles. The number of anilines is 1. The molecule has 1 N–H and O–H groups in total. The molecule has 0 amide bonds. The zero-order valence-electron chi connectivity index (χ0n) is 11.3. The van der Waals surface area contributed by atoms with Crippen molar-refractivity contribution in [2.24, 2.45) is 7.05 Å². The highest BCUT2D eigenvalue weighted by molar-refractivity contribution is 9.10. The summed E-state index contributed by atoms with van der Waals surface area (Å²) in [5.41, 5.74) is 0.765. The molecule has 108 valence electrons. The number of nitrogens with one attached hydrogen (secondary N) is 1. The van der Waals surface area contributed by atoms with Gasteiger partial charge in [-0.25, -0.2) is 9.37 Å². The molecule has 0 saturated carbocycles. The lowest BCUT2D eigenvalue weighted by Crippen LogP contribution is -2.16. The molecule has 0 radical (unpaired) electrons. The van der Waals surface area contributed by atoms with Gasteiger partial charge in [0.15, 0.2) is 0 Å². The second-order valence-electron chi connectivity index (χ2n) is 4.61. The van der Waals surface area contributed by atoms with E-state index in [4.69, 9.17) is 4.42 Å². The maximum atomic E-state index is 13.2. The normalized spacial score (nSPS) is 12.3.